The number of thiophene rings is 1. The van der Waals surface area contributed by atoms with Gasteiger partial charge in [-0.3, -0.25) is 0 Å². The first-order chi connectivity index (χ1) is 11.0. The van der Waals surface area contributed by atoms with Gasteiger partial charge in [0.25, 0.3) is 0 Å². The molecule has 0 spiro atoms. The first kappa shape index (κ1) is 17.7. The molecule has 1 heterocycles. The average Bonchev–Trinajstić information content (AvgIpc) is 3.22. The van der Waals surface area contributed by atoms with E-state index in [9.17, 15) is 9.59 Å². The zero-order valence-corrected chi connectivity index (χ0v) is 15.0. The molecule has 6 nitrogen and oxygen atoms in total. The highest BCUT2D eigenvalue weighted by Crippen LogP contribution is 2.34. The van der Waals surface area contributed by atoms with Gasteiger partial charge in [-0.15, -0.1) is 11.3 Å². The molecule has 0 aliphatic heterocycles. The molecule has 1 saturated carbocycles. The molecule has 0 saturated heterocycles. The maximum absolute atomic E-state index is 12.2. The predicted octanol–water partition coefficient (Wildman–Crippen LogP) is 2.86. The van der Waals surface area contributed by atoms with Gasteiger partial charge in [-0.05, 0) is 51.4 Å². The van der Waals surface area contributed by atoms with Crippen LogP contribution < -0.4 is 10.6 Å². The summed E-state index contributed by atoms with van der Waals surface area (Å²) < 4.78 is 10.1. The number of esters is 2. The van der Waals surface area contributed by atoms with Gasteiger partial charge >= 0.3 is 11.9 Å². The summed E-state index contributed by atoms with van der Waals surface area (Å²) in [5, 5.41) is 7.09. The first-order valence-electron chi connectivity index (χ1n) is 7.53. The van der Waals surface area contributed by atoms with E-state index in [4.69, 9.17) is 21.7 Å². The van der Waals surface area contributed by atoms with Crippen LogP contribution in [0.25, 0.3) is 0 Å². The molecule has 0 bridgehead atoms. The number of anilines is 1. The van der Waals surface area contributed by atoms with Crippen molar-refractivity contribution in [3.05, 3.63) is 16.0 Å². The summed E-state index contributed by atoms with van der Waals surface area (Å²) in [6.45, 7) is 5.71. The van der Waals surface area contributed by atoms with Crippen LogP contribution >= 0.6 is 23.6 Å². The molecule has 1 aliphatic rings. The highest BCUT2D eigenvalue weighted by Gasteiger charge is 2.28. The Hall–Kier alpha value is -1.67. The molecule has 23 heavy (non-hydrogen) atoms. The van der Waals surface area contributed by atoms with E-state index >= 15 is 0 Å². The minimum absolute atomic E-state index is 0.257. The first-order valence-corrected chi connectivity index (χ1v) is 8.75. The van der Waals surface area contributed by atoms with Crippen LogP contribution in [-0.4, -0.2) is 36.3 Å². The number of carbonyl (C=O) groups excluding carboxylic acids is 2. The van der Waals surface area contributed by atoms with Gasteiger partial charge < -0.3 is 20.1 Å². The minimum Gasteiger partial charge on any atom is -0.462 e. The monoisotopic (exact) mass is 356 g/mol. The number of hydrogen-bond donors (Lipinski definition) is 2. The average molecular weight is 356 g/mol. The van der Waals surface area contributed by atoms with E-state index in [1.807, 2.05) is 0 Å². The number of nitrogens with one attached hydrogen (secondary N) is 2. The van der Waals surface area contributed by atoms with Crippen molar-refractivity contribution in [3.63, 3.8) is 0 Å². The largest absolute Gasteiger partial charge is 0.462 e. The van der Waals surface area contributed by atoms with Gasteiger partial charge in [0.05, 0.1) is 18.8 Å². The molecule has 126 valence electrons. The maximum Gasteiger partial charge on any atom is 0.348 e. The standard InChI is InChI=1S/C15H20N2O4S2/c1-4-20-13(18)10-8(3)11(14(19)21-5-2)23-12(10)17-15(22)16-9-6-7-9/h9H,4-7H2,1-3H3,(H2,16,17,22). The highest BCUT2D eigenvalue weighted by atomic mass is 32.1. The van der Waals surface area contributed by atoms with Crippen LogP contribution in [0, 0.1) is 6.92 Å². The van der Waals surface area contributed by atoms with Crippen molar-refractivity contribution >= 4 is 45.6 Å². The molecular formula is C15H20N2O4S2. The van der Waals surface area contributed by atoms with Crippen LogP contribution in [0.4, 0.5) is 5.00 Å². The Labute approximate surface area is 144 Å². The second kappa shape index (κ2) is 7.74. The van der Waals surface area contributed by atoms with Crippen LogP contribution in [0.5, 0.6) is 0 Å². The zero-order chi connectivity index (χ0) is 17.0. The number of hydrogen-bond acceptors (Lipinski definition) is 6. The fourth-order valence-corrected chi connectivity index (χ4v) is 3.42. The summed E-state index contributed by atoms with van der Waals surface area (Å²) >= 11 is 6.40. The zero-order valence-electron chi connectivity index (χ0n) is 13.4. The van der Waals surface area contributed by atoms with Crippen molar-refractivity contribution in [1.29, 1.82) is 0 Å². The van der Waals surface area contributed by atoms with Crippen molar-refractivity contribution in [2.24, 2.45) is 0 Å². The van der Waals surface area contributed by atoms with Crippen molar-refractivity contribution in [1.82, 2.24) is 5.32 Å². The van der Waals surface area contributed by atoms with E-state index in [0.29, 0.717) is 32.2 Å². The van der Waals surface area contributed by atoms with Gasteiger partial charge in [0.1, 0.15) is 9.88 Å². The molecular weight excluding hydrogens is 336 g/mol. The van der Waals surface area contributed by atoms with Crippen LogP contribution in [0.3, 0.4) is 0 Å². The van der Waals surface area contributed by atoms with E-state index in [-0.39, 0.29) is 13.2 Å². The van der Waals surface area contributed by atoms with Crippen molar-refractivity contribution in [2.75, 3.05) is 18.5 Å². The lowest BCUT2D eigenvalue weighted by Gasteiger charge is -2.10. The van der Waals surface area contributed by atoms with Crippen LogP contribution in [0.2, 0.25) is 0 Å². The Morgan fingerprint density at radius 2 is 1.83 bits per heavy atom. The third-order valence-electron chi connectivity index (χ3n) is 3.23. The Balaban J connectivity index is 2.28. The lowest BCUT2D eigenvalue weighted by atomic mass is 10.1. The summed E-state index contributed by atoms with van der Waals surface area (Å²) in [4.78, 5) is 24.7. The predicted molar refractivity (Wildman–Crippen MR) is 93.3 cm³/mol. The van der Waals surface area contributed by atoms with E-state index in [0.717, 1.165) is 24.2 Å². The van der Waals surface area contributed by atoms with E-state index in [1.165, 1.54) is 0 Å². The summed E-state index contributed by atoms with van der Waals surface area (Å²) in [5.41, 5.74) is 0.878. The SMILES string of the molecule is CCOC(=O)c1sc(NC(=S)NC2CC2)c(C(=O)OCC)c1C. The molecule has 1 aliphatic carbocycles. The lowest BCUT2D eigenvalue weighted by Crippen LogP contribution is -2.30. The number of ether oxygens (including phenoxy) is 2. The Morgan fingerprint density at radius 1 is 1.22 bits per heavy atom. The Kier molecular flexibility index (Phi) is 5.95. The third kappa shape index (κ3) is 4.42. The van der Waals surface area contributed by atoms with E-state index < -0.39 is 11.9 Å². The molecule has 2 rings (SSSR count). The smallest absolute Gasteiger partial charge is 0.348 e. The van der Waals surface area contributed by atoms with Crippen LogP contribution in [-0.2, 0) is 9.47 Å². The van der Waals surface area contributed by atoms with Crippen LogP contribution in [0.15, 0.2) is 0 Å². The van der Waals surface area contributed by atoms with Gasteiger partial charge in [0, 0.05) is 6.04 Å². The third-order valence-corrected chi connectivity index (χ3v) is 4.63. The van der Waals surface area contributed by atoms with Gasteiger partial charge in [-0.1, -0.05) is 0 Å². The number of rotatable bonds is 6. The maximum atomic E-state index is 12.2. The molecule has 1 aromatic heterocycles. The molecule has 2 N–H and O–H groups in total. The summed E-state index contributed by atoms with van der Waals surface area (Å²) in [6.07, 6.45) is 2.17. The normalized spacial score (nSPS) is 13.3. The van der Waals surface area contributed by atoms with Crippen molar-refractivity contribution < 1.29 is 19.1 Å². The molecule has 0 atom stereocenters. The second-order valence-corrected chi connectivity index (χ2v) is 6.50. The number of carbonyl (C=O) groups is 2. The second-order valence-electron chi connectivity index (χ2n) is 5.07. The molecule has 1 fully saturated rings. The summed E-state index contributed by atoms with van der Waals surface area (Å²) in [6, 6.07) is 0.395. The number of thiocarbonyl (C=S) groups is 1. The summed E-state index contributed by atoms with van der Waals surface area (Å²) in [7, 11) is 0. The topological polar surface area (TPSA) is 76.7 Å². The molecule has 0 radical (unpaired) electrons. The molecule has 0 aromatic carbocycles. The molecule has 0 amide bonds. The van der Waals surface area contributed by atoms with Gasteiger partial charge in [0.2, 0.25) is 0 Å². The summed E-state index contributed by atoms with van der Waals surface area (Å²) in [5.74, 6) is -0.928. The Bertz CT molecular complexity index is 623. The quantitative estimate of drug-likeness (QED) is 0.599. The van der Waals surface area contributed by atoms with Gasteiger partial charge in [0.15, 0.2) is 5.11 Å². The lowest BCUT2D eigenvalue weighted by molar-refractivity contribution is 0.0527. The van der Waals surface area contributed by atoms with Crippen molar-refractivity contribution in [3.8, 4) is 0 Å². The van der Waals surface area contributed by atoms with E-state index in [1.54, 1.807) is 20.8 Å². The fraction of sp³-hybridized carbons (Fsp3) is 0.533. The van der Waals surface area contributed by atoms with E-state index in [2.05, 4.69) is 10.6 Å². The molecule has 1 aromatic rings. The Morgan fingerprint density at radius 3 is 2.39 bits per heavy atom. The fourth-order valence-electron chi connectivity index (χ4n) is 1.99. The minimum atomic E-state index is -0.478. The highest BCUT2D eigenvalue weighted by molar-refractivity contribution is 7.80. The molecule has 0 unspecified atom stereocenters. The van der Waals surface area contributed by atoms with Gasteiger partial charge in [-0.2, -0.15) is 0 Å². The molecule has 8 heteroatoms. The van der Waals surface area contributed by atoms with Crippen LogP contribution in [0.1, 0.15) is 52.3 Å². The van der Waals surface area contributed by atoms with Gasteiger partial charge in [-0.25, -0.2) is 9.59 Å². The van der Waals surface area contributed by atoms with Crippen molar-refractivity contribution in [2.45, 2.75) is 39.7 Å².